The Morgan fingerprint density at radius 3 is 2.12 bits per heavy atom. The topological polar surface area (TPSA) is 116 Å². The standard InChI is InChI=1S/C16H18N2O5S/c1-16(20,15(19)18-21)11-24(22,23)14-9-7-13(8-10-14)17-12-5-3-2-4-6-12/h2-10,17,20-21H,11H2,1H3,(H,18,19). The summed E-state index contributed by atoms with van der Waals surface area (Å²) in [7, 11) is -3.91. The monoisotopic (exact) mass is 350 g/mol. The summed E-state index contributed by atoms with van der Waals surface area (Å²) in [6.07, 6.45) is 0. The molecular formula is C16H18N2O5S. The lowest BCUT2D eigenvalue weighted by Gasteiger charge is -2.20. The molecule has 0 saturated carbocycles. The smallest absolute Gasteiger partial charge is 0.276 e. The highest BCUT2D eigenvalue weighted by Crippen LogP contribution is 2.21. The van der Waals surface area contributed by atoms with Gasteiger partial charge in [0.05, 0.1) is 10.6 Å². The van der Waals surface area contributed by atoms with E-state index < -0.39 is 27.1 Å². The number of amides is 1. The molecule has 1 unspecified atom stereocenters. The Hall–Kier alpha value is -2.42. The lowest BCUT2D eigenvalue weighted by atomic mass is 10.1. The zero-order chi connectivity index (χ0) is 17.8. The zero-order valence-electron chi connectivity index (χ0n) is 12.9. The Morgan fingerprint density at radius 1 is 1.04 bits per heavy atom. The van der Waals surface area contributed by atoms with Crippen molar-refractivity contribution in [2.24, 2.45) is 0 Å². The van der Waals surface area contributed by atoms with E-state index in [1.165, 1.54) is 17.6 Å². The van der Waals surface area contributed by atoms with E-state index in [4.69, 9.17) is 5.21 Å². The Morgan fingerprint density at radius 2 is 1.58 bits per heavy atom. The third-order valence-electron chi connectivity index (χ3n) is 3.34. The van der Waals surface area contributed by atoms with Crippen LogP contribution in [0.3, 0.4) is 0 Å². The number of carbonyl (C=O) groups excluding carboxylic acids is 1. The fourth-order valence-electron chi connectivity index (χ4n) is 2.07. The van der Waals surface area contributed by atoms with Gasteiger partial charge in [0.15, 0.2) is 15.4 Å². The third kappa shape index (κ3) is 4.31. The SMILES string of the molecule is CC(O)(CS(=O)(=O)c1ccc(Nc2ccccc2)cc1)C(=O)NO. The van der Waals surface area contributed by atoms with Gasteiger partial charge >= 0.3 is 0 Å². The molecule has 8 heteroatoms. The highest BCUT2D eigenvalue weighted by atomic mass is 32.2. The summed E-state index contributed by atoms with van der Waals surface area (Å²) in [5, 5.41) is 21.5. The maximum Gasteiger partial charge on any atom is 0.276 e. The molecule has 0 aliphatic heterocycles. The zero-order valence-corrected chi connectivity index (χ0v) is 13.7. The van der Waals surface area contributed by atoms with Gasteiger partial charge in [-0.3, -0.25) is 10.0 Å². The molecule has 0 spiro atoms. The fraction of sp³-hybridized carbons (Fsp3) is 0.188. The Kier molecular flexibility index (Phi) is 5.23. The van der Waals surface area contributed by atoms with Gasteiger partial charge in [0.2, 0.25) is 0 Å². The number of hydrogen-bond acceptors (Lipinski definition) is 6. The second-order valence-electron chi connectivity index (χ2n) is 5.49. The molecule has 24 heavy (non-hydrogen) atoms. The summed E-state index contributed by atoms with van der Waals surface area (Å²) in [5.41, 5.74) is 0.562. The van der Waals surface area contributed by atoms with Crippen LogP contribution in [0.25, 0.3) is 0 Å². The molecular weight excluding hydrogens is 332 g/mol. The highest BCUT2D eigenvalue weighted by molar-refractivity contribution is 7.91. The minimum Gasteiger partial charge on any atom is -0.379 e. The number of carbonyl (C=O) groups is 1. The lowest BCUT2D eigenvalue weighted by molar-refractivity contribution is -0.144. The van der Waals surface area contributed by atoms with E-state index in [0.717, 1.165) is 12.6 Å². The molecule has 0 heterocycles. The summed E-state index contributed by atoms with van der Waals surface area (Å²) >= 11 is 0. The molecule has 0 aliphatic carbocycles. The van der Waals surface area contributed by atoms with Crippen molar-refractivity contribution < 1.29 is 23.5 Å². The largest absolute Gasteiger partial charge is 0.379 e. The average molecular weight is 350 g/mol. The molecule has 0 saturated heterocycles. The van der Waals surface area contributed by atoms with Crippen molar-refractivity contribution in [1.29, 1.82) is 0 Å². The van der Waals surface area contributed by atoms with E-state index in [1.54, 1.807) is 12.1 Å². The minimum atomic E-state index is -3.91. The first kappa shape index (κ1) is 17.9. The van der Waals surface area contributed by atoms with Gasteiger partial charge in [-0.25, -0.2) is 13.9 Å². The quantitative estimate of drug-likeness (QED) is 0.463. The molecule has 0 bridgehead atoms. The maximum atomic E-state index is 12.3. The molecule has 2 rings (SSSR count). The third-order valence-corrected chi connectivity index (χ3v) is 5.27. The van der Waals surface area contributed by atoms with Gasteiger partial charge in [0.1, 0.15) is 0 Å². The van der Waals surface area contributed by atoms with Crippen LogP contribution in [0.4, 0.5) is 11.4 Å². The number of rotatable bonds is 6. The summed E-state index contributed by atoms with van der Waals surface area (Å²) in [6, 6.07) is 15.3. The van der Waals surface area contributed by atoms with E-state index >= 15 is 0 Å². The van der Waals surface area contributed by atoms with Gasteiger partial charge < -0.3 is 10.4 Å². The molecule has 2 aromatic rings. The van der Waals surface area contributed by atoms with E-state index in [1.807, 2.05) is 30.3 Å². The van der Waals surface area contributed by atoms with Crippen LogP contribution in [-0.4, -0.2) is 36.0 Å². The Labute approximate surface area is 139 Å². The van der Waals surface area contributed by atoms with Gasteiger partial charge in [-0.15, -0.1) is 0 Å². The Bertz CT molecular complexity index is 802. The van der Waals surface area contributed by atoms with Crippen molar-refractivity contribution in [2.45, 2.75) is 17.4 Å². The van der Waals surface area contributed by atoms with Crippen molar-refractivity contribution >= 4 is 27.1 Å². The number of para-hydroxylation sites is 1. The second-order valence-corrected chi connectivity index (χ2v) is 7.48. The van der Waals surface area contributed by atoms with Crippen molar-refractivity contribution in [3.63, 3.8) is 0 Å². The van der Waals surface area contributed by atoms with Gasteiger partial charge in [0.25, 0.3) is 5.91 Å². The van der Waals surface area contributed by atoms with Gasteiger partial charge in [-0.05, 0) is 43.3 Å². The fourth-order valence-corrected chi connectivity index (χ4v) is 3.66. The average Bonchev–Trinajstić information content (AvgIpc) is 2.54. The van der Waals surface area contributed by atoms with Crippen LogP contribution >= 0.6 is 0 Å². The van der Waals surface area contributed by atoms with Crippen LogP contribution in [0.1, 0.15) is 6.92 Å². The molecule has 0 aromatic heterocycles. The first-order valence-corrected chi connectivity index (χ1v) is 8.72. The summed E-state index contributed by atoms with van der Waals surface area (Å²) in [6.45, 7) is 1.02. The molecule has 4 N–H and O–H groups in total. The minimum absolute atomic E-state index is 0.0351. The predicted octanol–water partition coefficient (Wildman–Crippen LogP) is 1.46. The van der Waals surface area contributed by atoms with Crippen LogP contribution in [-0.2, 0) is 14.6 Å². The summed E-state index contributed by atoms with van der Waals surface area (Å²) in [4.78, 5) is 11.3. The molecule has 2 aromatic carbocycles. The van der Waals surface area contributed by atoms with Crippen LogP contribution in [0.15, 0.2) is 59.5 Å². The van der Waals surface area contributed by atoms with Crippen molar-refractivity contribution in [3.05, 3.63) is 54.6 Å². The maximum absolute atomic E-state index is 12.3. The van der Waals surface area contributed by atoms with Crippen LogP contribution < -0.4 is 10.8 Å². The van der Waals surface area contributed by atoms with Gasteiger partial charge in [0, 0.05) is 11.4 Å². The van der Waals surface area contributed by atoms with Gasteiger partial charge in [-0.2, -0.15) is 0 Å². The van der Waals surface area contributed by atoms with Crippen molar-refractivity contribution in [3.8, 4) is 0 Å². The molecule has 1 amide bonds. The van der Waals surface area contributed by atoms with E-state index in [9.17, 15) is 18.3 Å². The van der Waals surface area contributed by atoms with Gasteiger partial charge in [-0.1, -0.05) is 18.2 Å². The molecule has 1 atom stereocenters. The number of nitrogens with one attached hydrogen (secondary N) is 2. The number of hydroxylamine groups is 1. The predicted molar refractivity (Wildman–Crippen MR) is 88.8 cm³/mol. The number of aliphatic hydroxyl groups is 1. The summed E-state index contributed by atoms with van der Waals surface area (Å²) < 4.78 is 24.6. The molecule has 128 valence electrons. The van der Waals surface area contributed by atoms with Crippen LogP contribution in [0, 0.1) is 0 Å². The second kappa shape index (κ2) is 7.00. The number of sulfone groups is 1. The lowest BCUT2D eigenvalue weighted by Crippen LogP contribution is -2.48. The molecule has 0 fully saturated rings. The van der Waals surface area contributed by atoms with E-state index in [0.29, 0.717) is 5.69 Å². The molecule has 0 aliphatic rings. The first-order chi connectivity index (χ1) is 11.2. The number of benzene rings is 2. The number of anilines is 2. The molecule has 7 nitrogen and oxygen atoms in total. The Balaban J connectivity index is 2.16. The van der Waals surface area contributed by atoms with E-state index in [-0.39, 0.29) is 4.90 Å². The highest BCUT2D eigenvalue weighted by Gasteiger charge is 2.36. The molecule has 0 radical (unpaired) electrons. The van der Waals surface area contributed by atoms with E-state index in [2.05, 4.69) is 5.32 Å². The van der Waals surface area contributed by atoms with Crippen LogP contribution in [0.5, 0.6) is 0 Å². The summed E-state index contributed by atoms with van der Waals surface area (Å²) in [5.74, 6) is -2.04. The first-order valence-electron chi connectivity index (χ1n) is 7.06. The normalized spacial score (nSPS) is 13.8. The van der Waals surface area contributed by atoms with Crippen LogP contribution in [0.2, 0.25) is 0 Å². The van der Waals surface area contributed by atoms with Crippen molar-refractivity contribution in [1.82, 2.24) is 5.48 Å². The van der Waals surface area contributed by atoms with Crippen molar-refractivity contribution in [2.75, 3.05) is 11.1 Å². The number of hydrogen-bond donors (Lipinski definition) is 4.